The zero-order valence-electron chi connectivity index (χ0n) is 13.2. The number of amides is 1. The Balaban J connectivity index is 0.00000176. The largest absolute Gasteiger partial charge is 0.376 e. The highest BCUT2D eigenvalue weighted by atomic mass is 35.5. The van der Waals surface area contributed by atoms with Crippen LogP contribution in [0.2, 0.25) is 0 Å². The lowest BCUT2D eigenvalue weighted by Crippen LogP contribution is -2.32. The minimum absolute atomic E-state index is 0. The SMILES string of the molecule is CC(C)COC1CCN(C(=O)c2n[nH]c3c2CNCC3)C1.Cl. The van der Waals surface area contributed by atoms with E-state index in [-0.39, 0.29) is 24.4 Å². The molecule has 0 aromatic carbocycles. The number of aromatic nitrogens is 2. The van der Waals surface area contributed by atoms with Crippen LogP contribution in [0.25, 0.3) is 0 Å². The molecule has 1 unspecified atom stereocenters. The van der Waals surface area contributed by atoms with E-state index in [1.165, 1.54) is 0 Å². The van der Waals surface area contributed by atoms with E-state index in [9.17, 15) is 4.79 Å². The van der Waals surface area contributed by atoms with Crippen molar-refractivity contribution in [2.45, 2.75) is 39.3 Å². The first-order valence-electron chi connectivity index (χ1n) is 7.83. The number of nitrogens with zero attached hydrogens (tertiary/aromatic N) is 2. The van der Waals surface area contributed by atoms with Gasteiger partial charge in [-0.2, -0.15) is 5.10 Å². The lowest BCUT2D eigenvalue weighted by molar-refractivity contribution is 0.0395. The van der Waals surface area contributed by atoms with Crippen molar-refractivity contribution < 1.29 is 9.53 Å². The quantitative estimate of drug-likeness (QED) is 0.875. The Hall–Kier alpha value is -1.11. The van der Waals surface area contributed by atoms with Crippen LogP contribution in [0.4, 0.5) is 0 Å². The molecule has 7 heteroatoms. The van der Waals surface area contributed by atoms with Crippen LogP contribution in [0.1, 0.15) is 42.0 Å². The van der Waals surface area contributed by atoms with Gasteiger partial charge in [-0.05, 0) is 12.3 Å². The lowest BCUT2D eigenvalue weighted by atomic mass is 10.1. The van der Waals surface area contributed by atoms with Gasteiger partial charge in [-0.15, -0.1) is 12.4 Å². The second kappa shape index (κ2) is 7.44. The molecule has 0 bridgehead atoms. The second-order valence-corrected chi connectivity index (χ2v) is 6.35. The first-order valence-corrected chi connectivity index (χ1v) is 7.83. The highest BCUT2D eigenvalue weighted by molar-refractivity contribution is 5.94. The summed E-state index contributed by atoms with van der Waals surface area (Å²) in [5, 5.41) is 10.6. The summed E-state index contributed by atoms with van der Waals surface area (Å²) in [6.45, 7) is 8.15. The van der Waals surface area contributed by atoms with E-state index in [0.29, 0.717) is 18.2 Å². The highest BCUT2D eigenvalue weighted by Crippen LogP contribution is 2.20. The van der Waals surface area contributed by atoms with Crippen molar-refractivity contribution in [3.05, 3.63) is 17.0 Å². The molecular weight excluding hydrogens is 304 g/mol. The minimum Gasteiger partial charge on any atom is -0.376 e. The third-order valence-electron chi connectivity index (χ3n) is 4.11. The standard InChI is InChI=1S/C15H24N4O2.ClH/c1-10(2)9-21-11-4-6-19(8-11)15(20)14-12-7-16-5-3-13(12)17-18-14;/h10-11,16H,3-9H2,1-2H3,(H,17,18);1H. The van der Waals surface area contributed by atoms with Crippen LogP contribution in [0, 0.1) is 5.92 Å². The highest BCUT2D eigenvalue weighted by Gasteiger charge is 2.31. The van der Waals surface area contributed by atoms with Crippen LogP contribution >= 0.6 is 12.4 Å². The van der Waals surface area contributed by atoms with E-state index in [1.54, 1.807) is 0 Å². The molecule has 2 N–H and O–H groups in total. The topological polar surface area (TPSA) is 70.2 Å². The van der Waals surface area contributed by atoms with Gasteiger partial charge in [0, 0.05) is 50.5 Å². The summed E-state index contributed by atoms with van der Waals surface area (Å²) in [6.07, 6.45) is 2.00. The normalized spacial score (nSPS) is 20.9. The van der Waals surface area contributed by atoms with E-state index in [2.05, 4.69) is 29.4 Å². The predicted octanol–water partition coefficient (Wildman–Crippen LogP) is 1.36. The number of halogens is 1. The molecule has 3 heterocycles. The Morgan fingerprint density at radius 1 is 1.50 bits per heavy atom. The van der Waals surface area contributed by atoms with Crippen molar-refractivity contribution in [1.29, 1.82) is 0 Å². The number of likely N-dealkylation sites (tertiary alicyclic amines) is 1. The van der Waals surface area contributed by atoms with E-state index in [1.807, 2.05) is 4.90 Å². The number of aromatic amines is 1. The molecule has 1 saturated heterocycles. The summed E-state index contributed by atoms with van der Waals surface area (Å²) < 4.78 is 5.84. The van der Waals surface area contributed by atoms with E-state index in [0.717, 1.165) is 50.3 Å². The Morgan fingerprint density at radius 2 is 2.32 bits per heavy atom. The van der Waals surface area contributed by atoms with Crippen molar-refractivity contribution in [3.63, 3.8) is 0 Å². The number of nitrogens with one attached hydrogen (secondary N) is 2. The molecule has 1 aromatic heterocycles. The predicted molar refractivity (Wildman–Crippen MR) is 86.3 cm³/mol. The van der Waals surface area contributed by atoms with Gasteiger partial charge < -0.3 is 15.0 Å². The maximum atomic E-state index is 12.6. The van der Waals surface area contributed by atoms with E-state index in [4.69, 9.17) is 4.74 Å². The molecule has 2 aliphatic heterocycles. The van der Waals surface area contributed by atoms with Gasteiger partial charge in [-0.25, -0.2) is 0 Å². The summed E-state index contributed by atoms with van der Waals surface area (Å²) >= 11 is 0. The third-order valence-corrected chi connectivity index (χ3v) is 4.11. The molecule has 0 spiro atoms. The fourth-order valence-corrected chi connectivity index (χ4v) is 2.93. The van der Waals surface area contributed by atoms with Gasteiger partial charge in [0.1, 0.15) is 0 Å². The van der Waals surface area contributed by atoms with E-state index >= 15 is 0 Å². The van der Waals surface area contributed by atoms with Crippen molar-refractivity contribution in [2.75, 3.05) is 26.2 Å². The number of rotatable bonds is 4. The zero-order chi connectivity index (χ0) is 14.8. The number of carbonyl (C=O) groups excluding carboxylic acids is 1. The van der Waals surface area contributed by atoms with E-state index < -0.39 is 0 Å². The molecule has 0 radical (unpaired) electrons. The first-order chi connectivity index (χ1) is 10.1. The zero-order valence-corrected chi connectivity index (χ0v) is 14.0. The van der Waals surface area contributed by atoms with Gasteiger partial charge in [0.15, 0.2) is 5.69 Å². The summed E-state index contributed by atoms with van der Waals surface area (Å²) in [5.74, 6) is 0.561. The molecule has 22 heavy (non-hydrogen) atoms. The first kappa shape index (κ1) is 17.2. The van der Waals surface area contributed by atoms with Gasteiger partial charge in [0.2, 0.25) is 0 Å². The smallest absolute Gasteiger partial charge is 0.274 e. The Kier molecular flexibility index (Phi) is 5.83. The van der Waals surface area contributed by atoms with Gasteiger partial charge in [0.25, 0.3) is 5.91 Å². The fraction of sp³-hybridized carbons (Fsp3) is 0.733. The maximum Gasteiger partial charge on any atom is 0.274 e. The molecule has 124 valence electrons. The Labute approximate surface area is 137 Å². The minimum atomic E-state index is 0. The van der Waals surface area contributed by atoms with Gasteiger partial charge >= 0.3 is 0 Å². The summed E-state index contributed by atoms with van der Waals surface area (Å²) in [7, 11) is 0. The van der Waals surface area contributed by atoms with Crippen LogP contribution < -0.4 is 5.32 Å². The second-order valence-electron chi connectivity index (χ2n) is 6.35. The van der Waals surface area contributed by atoms with Gasteiger partial charge in [0.05, 0.1) is 6.10 Å². The fourth-order valence-electron chi connectivity index (χ4n) is 2.93. The van der Waals surface area contributed by atoms with Crippen molar-refractivity contribution in [1.82, 2.24) is 20.4 Å². The van der Waals surface area contributed by atoms with Crippen LogP contribution in [0.3, 0.4) is 0 Å². The van der Waals surface area contributed by atoms with Crippen molar-refractivity contribution in [2.24, 2.45) is 5.92 Å². The van der Waals surface area contributed by atoms with Gasteiger partial charge in [-0.1, -0.05) is 13.8 Å². The van der Waals surface area contributed by atoms with Crippen LogP contribution in [0.15, 0.2) is 0 Å². The molecular formula is C15H25ClN4O2. The van der Waals surface area contributed by atoms with Crippen LogP contribution in [-0.2, 0) is 17.7 Å². The summed E-state index contributed by atoms with van der Waals surface area (Å²) in [6, 6.07) is 0. The van der Waals surface area contributed by atoms with Crippen LogP contribution in [0.5, 0.6) is 0 Å². The molecule has 3 rings (SSSR count). The third kappa shape index (κ3) is 3.62. The number of hydrogen-bond acceptors (Lipinski definition) is 4. The van der Waals surface area contributed by atoms with Crippen molar-refractivity contribution in [3.8, 4) is 0 Å². The molecule has 6 nitrogen and oxygen atoms in total. The monoisotopic (exact) mass is 328 g/mol. The maximum absolute atomic E-state index is 12.6. The average molecular weight is 329 g/mol. The molecule has 1 aromatic rings. The number of fused-ring (bicyclic) bond motifs is 1. The summed E-state index contributed by atoms with van der Waals surface area (Å²) in [5.41, 5.74) is 2.73. The molecule has 0 aliphatic carbocycles. The lowest BCUT2D eigenvalue weighted by Gasteiger charge is -2.18. The molecule has 1 fully saturated rings. The molecule has 1 amide bonds. The Morgan fingerprint density at radius 3 is 3.09 bits per heavy atom. The molecule has 1 atom stereocenters. The molecule has 2 aliphatic rings. The number of ether oxygens (including phenoxy) is 1. The Bertz CT molecular complexity index is 518. The number of hydrogen-bond donors (Lipinski definition) is 2. The number of carbonyl (C=O) groups is 1. The van der Waals surface area contributed by atoms with Crippen molar-refractivity contribution >= 4 is 18.3 Å². The molecule has 0 saturated carbocycles. The average Bonchev–Trinajstić information content (AvgIpc) is 3.11. The summed E-state index contributed by atoms with van der Waals surface area (Å²) in [4.78, 5) is 14.5. The van der Waals surface area contributed by atoms with Gasteiger partial charge in [-0.3, -0.25) is 9.89 Å². The van der Waals surface area contributed by atoms with Crippen LogP contribution in [-0.4, -0.2) is 53.3 Å². The number of H-pyrrole nitrogens is 1.